The van der Waals surface area contributed by atoms with Gasteiger partial charge in [0.25, 0.3) is 0 Å². The van der Waals surface area contributed by atoms with Gasteiger partial charge in [0.2, 0.25) is 0 Å². The van der Waals surface area contributed by atoms with Crippen molar-refractivity contribution in [2.45, 2.75) is 72.6 Å². The number of aryl methyl sites for hydroxylation is 4. The molecule has 0 aromatic heterocycles. The fraction of sp³-hybridized carbons (Fsp3) is 0.478. The summed E-state index contributed by atoms with van der Waals surface area (Å²) in [5.74, 6) is 0.534. The fourth-order valence-electron chi connectivity index (χ4n) is 3.52. The predicted molar refractivity (Wildman–Crippen MR) is 102 cm³/mol. The summed E-state index contributed by atoms with van der Waals surface area (Å²) < 4.78 is 0. The maximum Gasteiger partial charge on any atom is 0.00947 e. The first-order valence-corrected chi connectivity index (χ1v) is 9.17. The predicted octanol–water partition coefficient (Wildman–Crippen LogP) is 7.02. The first-order chi connectivity index (χ1) is 11.0. The molecule has 0 radical (unpaired) electrons. The molecule has 0 saturated carbocycles. The lowest BCUT2D eigenvalue weighted by molar-refractivity contribution is 0.593. The Hall–Kier alpha value is -1.56. The molecule has 0 heteroatoms. The monoisotopic (exact) mass is 308 g/mol. The van der Waals surface area contributed by atoms with E-state index in [1.54, 1.807) is 0 Å². The molecule has 2 rings (SSSR count). The number of rotatable bonds is 7. The Morgan fingerprint density at radius 2 is 1.22 bits per heavy atom. The molecule has 0 saturated heterocycles. The molecular formula is C23H32. The first-order valence-electron chi connectivity index (χ1n) is 9.17. The molecule has 124 valence electrons. The summed E-state index contributed by atoms with van der Waals surface area (Å²) in [6.07, 6.45) is 6.58. The Bertz CT molecular complexity index is 585. The Morgan fingerprint density at radius 3 is 1.70 bits per heavy atom. The molecule has 0 aliphatic carbocycles. The zero-order valence-corrected chi connectivity index (χ0v) is 15.6. The van der Waals surface area contributed by atoms with Crippen molar-refractivity contribution in [1.29, 1.82) is 0 Å². The molecule has 0 aliphatic heterocycles. The average Bonchev–Trinajstić information content (AvgIpc) is 2.53. The third kappa shape index (κ3) is 4.70. The molecule has 0 fully saturated rings. The number of hydrogen-bond acceptors (Lipinski definition) is 0. The molecular weight excluding hydrogens is 276 g/mol. The van der Waals surface area contributed by atoms with Crippen LogP contribution in [0.2, 0.25) is 0 Å². The van der Waals surface area contributed by atoms with Gasteiger partial charge >= 0.3 is 0 Å². The standard InChI is InChI=1S/C23H32/c1-6-7-8-9-10-21(22-15-17(2)11-13-19(22)4)23-16-18(3)12-14-20(23)5/h11-16,21H,6-10H2,1-5H3. The normalized spacial score (nSPS) is 11.2. The highest BCUT2D eigenvalue weighted by Crippen LogP contribution is 2.35. The van der Waals surface area contributed by atoms with E-state index in [0.29, 0.717) is 5.92 Å². The second-order valence-electron chi connectivity index (χ2n) is 7.12. The van der Waals surface area contributed by atoms with Crippen molar-refractivity contribution in [3.05, 3.63) is 69.8 Å². The minimum atomic E-state index is 0.534. The van der Waals surface area contributed by atoms with Crippen LogP contribution in [0, 0.1) is 27.7 Å². The van der Waals surface area contributed by atoms with Crippen molar-refractivity contribution in [3.8, 4) is 0 Å². The number of unbranched alkanes of at least 4 members (excludes halogenated alkanes) is 3. The average molecular weight is 309 g/mol. The molecule has 2 aromatic carbocycles. The lowest BCUT2D eigenvalue weighted by Crippen LogP contribution is -2.06. The largest absolute Gasteiger partial charge is 0.0654 e. The molecule has 0 heterocycles. The SMILES string of the molecule is CCCCCCC(c1cc(C)ccc1C)c1cc(C)ccc1C. The molecule has 0 bridgehead atoms. The van der Waals surface area contributed by atoms with Gasteiger partial charge in [0.05, 0.1) is 0 Å². The van der Waals surface area contributed by atoms with Crippen LogP contribution in [-0.2, 0) is 0 Å². The lowest BCUT2D eigenvalue weighted by Gasteiger charge is -2.23. The summed E-state index contributed by atoms with van der Waals surface area (Å²) in [7, 11) is 0. The summed E-state index contributed by atoms with van der Waals surface area (Å²) in [5.41, 5.74) is 8.64. The van der Waals surface area contributed by atoms with Gasteiger partial charge in [-0.2, -0.15) is 0 Å². The van der Waals surface area contributed by atoms with Crippen LogP contribution < -0.4 is 0 Å². The highest BCUT2D eigenvalue weighted by atomic mass is 14.2. The van der Waals surface area contributed by atoms with Crippen molar-refractivity contribution < 1.29 is 0 Å². The summed E-state index contributed by atoms with van der Waals surface area (Å²) in [5, 5.41) is 0. The maximum atomic E-state index is 2.40. The quantitative estimate of drug-likeness (QED) is 0.482. The van der Waals surface area contributed by atoms with Gasteiger partial charge in [-0.3, -0.25) is 0 Å². The van der Waals surface area contributed by atoms with Crippen molar-refractivity contribution in [3.63, 3.8) is 0 Å². The highest BCUT2D eigenvalue weighted by molar-refractivity contribution is 5.43. The number of hydrogen-bond donors (Lipinski definition) is 0. The van der Waals surface area contributed by atoms with Crippen LogP contribution in [0.5, 0.6) is 0 Å². The van der Waals surface area contributed by atoms with E-state index in [4.69, 9.17) is 0 Å². The molecule has 0 aliphatic rings. The second-order valence-corrected chi connectivity index (χ2v) is 7.12. The van der Waals surface area contributed by atoms with E-state index in [1.165, 1.54) is 65.5 Å². The summed E-state index contributed by atoms with van der Waals surface area (Å²) in [4.78, 5) is 0. The third-order valence-corrected chi connectivity index (χ3v) is 4.97. The second kappa shape index (κ2) is 8.34. The number of benzene rings is 2. The van der Waals surface area contributed by atoms with Gasteiger partial charge in [0, 0.05) is 5.92 Å². The van der Waals surface area contributed by atoms with Crippen LogP contribution in [0.3, 0.4) is 0 Å². The minimum absolute atomic E-state index is 0.534. The van der Waals surface area contributed by atoms with E-state index in [2.05, 4.69) is 71.0 Å². The zero-order chi connectivity index (χ0) is 16.8. The smallest absolute Gasteiger partial charge is 0.00947 e. The zero-order valence-electron chi connectivity index (χ0n) is 15.6. The summed E-state index contributed by atoms with van der Waals surface area (Å²) in [6, 6.07) is 13.8. The molecule has 0 atom stereocenters. The molecule has 0 N–H and O–H groups in total. The van der Waals surface area contributed by atoms with E-state index in [0.717, 1.165) is 0 Å². The molecule has 0 spiro atoms. The van der Waals surface area contributed by atoms with E-state index in [-0.39, 0.29) is 0 Å². The van der Waals surface area contributed by atoms with Gasteiger partial charge in [-0.15, -0.1) is 0 Å². The van der Waals surface area contributed by atoms with Crippen LogP contribution in [0.4, 0.5) is 0 Å². The molecule has 0 unspecified atom stereocenters. The van der Waals surface area contributed by atoms with E-state index in [1.807, 2.05) is 0 Å². The lowest BCUT2D eigenvalue weighted by atomic mass is 9.81. The van der Waals surface area contributed by atoms with Crippen molar-refractivity contribution in [1.82, 2.24) is 0 Å². The summed E-state index contributed by atoms with van der Waals surface area (Å²) >= 11 is 0. The van der Waals surface area contributed by atoms with E-state index >= 15 is 0 Å². The Kier molecular flexibility index (Phi) is 6.45. The first kappa shape index (κ1) is 17.8. The van der Waals surface area contributed by atoms with Crippen molar-refractivity contribution >= 4 is 0 Å². The van der Waals surface area contributed by atoms with Crippen LogP contribution in [-0.4, -0.2) is 0 Å². The van der Waals surface area contributed by atoms with Crippen molar-refractivity contribution in [2.24, 2.45) is 0 Å². The van der Waals surface area contributed by atoms with E-state index < -0.39 is 0 Å². The fourth-order valence-corrected chi connectivity index (χ4v) is 3.52. The van der Waals surface area contributed by atoms with Gasteiger partial charge in [-0.1, -0.05) is 80.1 Å². The molecule has 0 nitrogen and oxygen atoms in total. The van der Waals surface area contributed by atoms with Gasteiger partial charge in [0.15, 0.2) is 0 Å². The van der Waals surface area contributed by atoms with Crippen LogP contribution >= 0.6 is 0 Å². The van der Waals surface area contributed by atoms with Gasteiger partial charge < -0.3 is 0 Å². The summed E-state index contributed by atoms with van der Waals surface area (Å²) in [6.45, 7) is 11.2. The van der Waals surface area contributed by atoms with Gasteiger partial charge in [0.1, 0.15) is 0 Å². The minimum Gasteiger partial charge on any atom is -0.0654 e. The van der Waals surface area contributed by atoms with E-state index in [9.17, 15) is 0 Å². The molecule has 23 heavy (non-hydrogen) atoms. The maximum absolute atomic E-state index is 2.40. The van der Waals surface area contributed by atoms with Gasteiger partial charge in [-0.25, -0.2) is 0 Å². The Balaban J connectivity index is 2.38. The van der Waals surface area contributed by atoms with Gasteiger partial charge in [-0.05, 0) is 56.4 Å². The van der Waals surface area contributed by atoms with Crippen LogP contribution in [0.15, 0.2) is 36.4 Å². The molecule has 2 aromatic rings. The Labute approximate surface area is 143 Å². The highest BCUT2D eigenvalue weighted by Gasteiger charge is 2.18. The Morgan fingerprint density at radius 1 is 0.696 bits per heavy atom. The van der Waals surface area contributed by atoms with Crippen molar-refractivity contribution in [2.75, 3.05) is 0 Å². The van der Waals surface area contributed by atoms with Crippen LogP contribution in [0.25, 0.3) is 0 Å². The topological polar surface area (TPSA) is 0 Å². The van der Waals surface area contributed by atoms with Crippen LogP contribution in [0.1, 0.15) is 78.3 Å². The molecule has 0 amide bonds. The third-order valence-electron chi connectivity index (χ3n) is 4.97.